The number of carbonyl (C=O) groups excluding carboxylic acids is 2. The number of amides is 2. The van der Waals surface area contributed by atoms with Crippen LogP contribution in [0.15, 0.2) is 48.5 Å². The van der Waals surface area contributed by atoms with Gasteiger partial charge in [0.2, 0.25) is 21.8 Å². The van der Waals surface area contributed by atoms with Crippen LogP contribution in [0.1, 0.15) is 46.1 Å². The van der Waals surface area contributed by atoms with Crippen molar-refractivity contribution in [1.29, 1.82) is 0 Å². The third-order valence-corrected chi connectivity index (χ3v) is 6.89. The van der Waals surface area contributed by atoms with Crippen molar-refractivity contribution >= 4 is 27.5 Å². The van der Waals surface area contributed by atoms with Crippen molar-refractivity contribution in [2.45, 2.75) is 59.2 Å². The molecule has 2 rings (SSSR count). The number of hydrogen-bond donors (Lipinski definition) is 1. The van der Waals surface area contributed by atoms with Crippen LogP contribution in [0, 0.1) is 5.82 Å². The third kappa shape index (κ3) is 7.94. The average Bonchev–Trinajstić information content (AvgIpc) is 2.83. The Morgan fingerprint density at radius 2 is 1.67 bits per heavy atom. The molecule has 2 aromatic carbocycles. The summed E-state index contributed by atoms with van der Waals surface area (Å²) < 4.78 is 45.6. The summed E-state index contributed by atoms with van der Waals surface area (Å²) in [5, 5.41) is 2.91. The normalized spacial score (nSPS) is 12.9. The van der Waals surface area contributed by atoms with E-state index in [1.165, 1.54) is 29.2 Å². The Labute approximate surface area is 213 Å². The number of rotatable bonds is 13. The zero-order valence-electron chi connectivity index (χ0n) is 21.5. The molecule has 10 heteroatoms. The Balaban J connectivity index is 2.47. The van der Waals surface area contributed by atoms with Crippen LogP contribution in [-0.2, 0) is 26.2 Å². The molecule has 0 heterocycles. The fourth-order valence-corrected chi connectivity index (χ4v) is 4.54. The van der Waals surface area contributed by atoms with E-state index in [9.17, 15) is 22.4 Å². The van der Waals surface area contributed by atoms with Crippen LogP contribution in [0.5, 0.6) is 5.75 Å². The number of halogens is 1. The van der Waals surface area contributed by atoms with Gasteiger partial charge in [0.15, 0.2) is 0 Å². The first kappa shape index (κ1) is 29.1. The third-order valence-electron chi connectivity index (χ3n) is 5.77. The van der Waals surface area contributed by atoms with Crippen molar-refractivity contribution in [3.8, 4) is 5.75 Å². The summed E-state index contributed by atoms with van der Waals surface area (Å²) in [6.45, 7) is 7.16. The van der Waals surface area contributed by atoms with Gasteiger partial charge in [-0.15, -0.1) is 0 Å². The van der Waals surface area contributed by atoms with E-state index in [1.807, 2.05) is 13.8 Å². The van der Waals surface area contributed by atoms with Crippen LogP contribution in [0.3, 0.4) is 0 Å². The molecule has 0 saturated heterocycles. The largest absolute Gasteiger partial charge is 0.492 e. The van der Waals surface area contributed by atoms with Crippen LogP contribution in [0.25, 0.3) is 0 Å². The number of nitrogens with one attached hydrogen (secondary N) is 1. The highest BCUT2D eigenvalue weighted by atomic mass is 32.2. The van der Waals surface area contributed by atoms with Crippen LogP contribution >= 0.6 is 0 Å². The molecule has 0 aliphatic heterocycles. The highest BCUT2D eigenvalue weighted by Crippen LogP contribution is 2.30. The lowest BCUT2D eigenvalue weighted by Gasteiger charge is -2.33. The summed E-state index contributed by atoms with van der Waals surface area (Å²) in [6, 6.07) is 11.2. The summed E-state index contributed by atoms with van der Waals surface area (Å²) in [5.41, 5.74) is 0.842. The number of ether oxygens (including phenoxy) is 1. The second kappa shape index (κ2) is 13.2. The number of benzene rings is 2. The Kier molecular flexibility index (Phi) is 10.7. The lowest BCUT2D eigenvalue weighted by Crippen LogP contribution is -2.53. The molecule has 2 aromatic rings. The van der Waals surface area contributed by atoms with E-state index in [1.54, 1.807) is 38.1 Å². The number of hydrogen-bond acceptors (Lipinski definition) is 5. The van der Waals surface area contributed by atoms with Crippen molar-refractivity contribution in [3.05, 3.63) is 59.9 Å². The van der Waals surface area contributed by atoms with E-state index in [4.69, 9.17) is 4.74 Å². The molecule has 0 saturated carbocycles. The first-order chi connectivity index (χ1) is 17.0. The van der Waals surface area contributed by atoms with Gasteiger partial charge in [-0.2, -0.15) is 0 Å². The second-order valence-corrected chi connectivity index (χ2v) is 10.5. The van der Waals surface area contributed by atoms with Gasteiger partial charge < -0.3 is 15.0 Å². The van der Waals surface area contributed by atoms with Crippen LogP contribution in [0.2, 0.25) is 0 Å². The van der Waals surface area contributed by atoms with Crippen LogP contribution in [0.4, 0.5) is 10.1 Å². The molecule has 0 bridgehead atoms. The minimum Gasteiger partial charge on any atom is -0.492 e. The second-order valence-electron chi connectivity index (χ2n) is 8.56. The van der Waals surface area contributed by atoms with Gasteiger partial charge in [0, 0.05) is 12.6 Å². The van der Waals surface area contributed by atoms with Crippen LogP contribution < -0.4 is 14.4 Å². The molecular weight excluding hydrogens is 485 g/mol. The Morgan fingerprint density at radius 3 is 2.22 bits per heavy atom. The van der Waals surface area contributed by atoms with Crippen molar-refractivity contribution in [2.75, 3.05) is 23.7 Å². The van der Waals surface area contributed by atoms with Gasteiger partial charge in [0.05, 0.1) is 18.6 Å². The molecule has 1 N–H and O–H groups in total. The molecule has 0 radical (unpaired) electrons. The van der Waals surface area contributed by atoms with Gasteiger partial charge in [0.25, 0.3) is 0 Å². The summed E-state index contributed by atoms with van der Waals surface area (Å²) in [4.78, 5) is 28.2. The highest BCUT2D eigenvalue weighted by molar-refractivity contribution is 7.92. The topological polar surface area (TPSA) is 96.0 Å². The maximum Gasteiger partial charge on any atom is 0.244 e. The molecule has 36 heavy (non-hydrogen) atoms. The molecule has 0 aliphatic rings. The molecule has 2 amide bonds. The number of anilines is 1. The Bertz CT molecular complexity index is 1120. The van der Waals surface area contributed by atoms with E-state index in [-0.39, 0.29) is 24.2 Å². The first-order valence-corrected chi connectivity index (χ1v) is 13.9. The fraction of sp³-hybridized carbons (Fsp3) is 0.462. The Morgan fingerprint density at radius 1 is 1.03 bits per heavy atom. The first-order valence-electron chi connectivity index (χ1n) is 12.1. The van der Waals surface area contributed by atoms with Gasteiger partial charge >= 0.3 is 0 Å². The lowest BCUT2D eigenvalue weighted by molar-refractivity contribution is -0.140. The minimum absolute atomic E-state index is 0.0102. The van der Waals surface area contributed by atoms with Crippen molar-refractivity contribution < 1.29 is 27.1 Å². The molecule has 0 spiro atoms. The van der Waals surface area contributed by atoms with E-state index in [0.29, 0.717) is 30.8 Å². The highest BCUT2D eigenvalue weighted by Gasteiger charge is 2.32. The Hall–Kier alpha value is -3.14. The molecular formula is C26H36FN3O5S. The number of carbonyl (C=O) groups is 2. The summed E-state index contributed by atoms with van der Waals surface area (Å²) in [5.74, 6) is -0.996. The van der Waals surface area contributed by atoms with Gasteiger partial charge in [-0.1, -0.05) is 38.1 Å². The molecule has 0 aliphatic carbocycles. The standard InChI is InChI=1S/C26H36FN3O5S/c1-6-19(4)28-26(32)22(7-2)29(17-20-13-15-21(27)16-14-20)25(31)18-30(36(5,33)34)23-11-9-10-12-24(23)35-8-3/h9-16,19,22H,6-8,17-18H2,1-5H3,(H,28,32)/t19-,22-/m1/s1. The molecule has 0 unspecified atom stereocenters. The SMILES string of the molecule is CCOc1ccccc1N(CC(=O)N(Cc1ccc(F)cc1)[C@H](CC)C(=O)N[C@H](C)CC)S(C)(=O)=O. The summed E-state index contributed by atoms with van der Waals surface area (Å²) in [7, 11) is -3.89. The number of para-hydroxylation sites is 2. The molecule has 198 valence electrons. The van der Waals surface area contributed by atoms with E-state index in [0.717, 1.165) is 10.6 Å². The number of sulfonamides is 1. The average molecular weight is 522 g/mol. The van der Waals surface area contributed by atoms with E-state index < -0.39 is 34.3 Å². The van der Waals surface area contributed by atoms with Crippen LogP contribution in [-0.4, -0.2) is 56.6 Å². The van der Waals surface area contributed by atoms with Gasteiger partial charge in [-0.05, 0) is 56.5 Å². The summed E-state index contributed by atoms with van der Waals surface area (Å²) >= 11 is 0. The van der Waals surface area contributed by atoms with E-state index in [2.05, 4.69) is 5.32 Å². The van der Waals surface area contributed by atoms with Gasteiger partial charge in [-0.25, -0.2) is 12.8 Å². The molecule has 0 aromatic heterocycles. The quantitative estimate of drug-likeness (QED) is 0.434. The van der Waals surface area contributed by atoms with Crippen molar-refractivity contribution in [3.63, 3.8) is 0 Å². The molecule has 8 nitrogen and oxygen atoms in total. The van der Waals surface area contributed by atoms with Gasteiger partial charge in [-0.3, -0.25) is 13.9 Å². The zero-order valence-corrected chi connectivity index (χ0v) is 22.3. The predicted octanol–water partition coefficient (Wildman–Crippen LogP) is 3.71. The van der Waals surface area contributed by atoms with E-state index >= 15 is 0 Å². The summed E-state index contributed by atoms with van der Waals surface area (Å²) in [6.07, 6.45) is 2.04. The smallest absolute Gasteiger partial charge is 0.244 e. The fourth-order valence-electron chi connectivity index (χ4n) is 3.68. The zero-order chi connectivity index (χ0) is 26.9. The molecule has 2 atom stereocenters. The maximum atomic E-state index is 13.7. The minimum atomic E-state index is -3.89. The maximum absolute atomic E-state index is 13.7. The van der Waals surface area contributed by atoms with Crippen molar-refractivity contribution in [2.24, 2.45) is 0 Å². The number of nitrogens with zero attached hydrogens (tertiary/aromatic N) is 2. The monoisotopic (exact) mass is 521 g/mol. The van der Waals surface area contributed by atoms with Gasteiger partial charge in [0.1, 0.15) is 24.2 Å². The predicted molar refractivity (Wildman–Crippen MR) is 139 cm³/mol. The lowest BCUT2D eigenvalue weighted by atomic mass is 10.1. The van der Waals surface area contributed by atoms with Crippen molar-refractivity contribution in [1.82, 2.24) is 10.2 Å². The molecule has 0 fully saturated rings.